The molecule has 0 aliphatic heterocycles. The zero-order chi connectivity index (χ0) is 32.8. The van der Waals surface area contributed by atoms with Crippen LogP contribution in [0, 0.1) is 6.07 Å². The number of aromatic hydroxyl groups is 1. The van der Waals surface area contributed by atoms with Crippen molar-refractivity contribution in [3.05, 3.63) is 157 Å². The first kappa shape index (κ1) is 32.2. The maximum atomic E-state index is 11.0. The van der Waals surface area contributed by atoms with Crippen LogP contribution in [-0.2, 0) is 26.5 Å². The molecule has 0 unspecified atom stereocenters. The van der Waals surface area contributed by atoms with Gasteiger partial charge in [-0.05, 0) is 58.5 Å². The van der Waals surface area contributed by atoms with Crippen LogP contribution in [0.4, 0.5) is 0 Å². The molecule has 0 aliphatic rings. The van der Waals surface area contributed by atoms with Crippen molar-refractivity contribution in [1.82, 2.24) is 14.5 Å². The molecule has 0 fully saturated rings. The Balaban J connectivity index is 0.00000378. The quantitative estimate of drug-likeness (QED) is 0.176. The molecular weight excluding hydrogens is 782 g/mol. The van der Waals surface area contributed by atoms with E-state index in [9.17, 15) is 5.11 Å². The van der Waals surface area contributed by atoms with Crippen molar-refractivity contribution in [2.45, 2.75) is 26.2 Å². The summed E-state index contributed by atoms with van der Waals surface area (Å²) in [5, 5.41) is 12.1. The van der Waals surface area contributed by atoms with Gasteiger partial charge in [0.05, 0.1) is 16.6 Å². The second kappa shape index (κ2) is 13.0. The van der Waals surface area contributed by atoms with E-state index in [2.05, 4.69) is 135 Å². The van der Waals surface area contributed by atoms with Gasteiger partial charge in [0.25, 0.3) is 0 Å². The molecule has 6 aromatic carbocycles. The number of pyridine rings is 1. The second-order valence-electron chi connectivity index (χ2n) is 13.2. The van der Waals surface area contributed by atoms with E-state index in [0.717, 1.165) is 61.0 Å². The zero-order valence-electron chi connectivity index (χ0n) is 27.5. The summed E-state index contributed by atoms with van der Waals surface area (Å²) in [5.41, 5.74) is 11.9. The van der Waals surface area contributed by atoms with Gasteiger partial charge in [-0.15, -0.1) is 35.4 Å². The molecule has 0 saturated carbocycles. The van der Waals surface area contributed by atoms with Crippen LogP contribution in [0.15, 0.2) is 146 Å². The molecule has 2 heterocycles. The van der Waals surface area contributed by atoms with Gasteiger partial charge in [0, 0.05) is 43.9 Å². The monoisotopic (exact) mass is 815 g/mol. The molecule has 4 nitrogen and oxygen atoms in total. The molecule has 0 bridgehead atoms. The van der Waals surface area contributed by atoms with Crippen molar-refractivity contribution >= 4 is 21.9 Å². The Kier molecular flexibility index (Phi) is 8.52. The number of phenols is 1. The molecule has 5 heteroatoms. The standard InChI is InChI=1S/C44H34N3O.Pt/c1-44(2,3)32-21-23-33(24-22-32)47-39-19-10-17-35(42(39)46-43(47)38-16-7-8-20-40(38)48)30-14-9-15-31(28-30)36-26-25-34(29-12-5-4-6-13-29)37-18-11-27-45-41(36)37;/h4-27,48H,1-3H3;/q-1;. The smallest absolute Gasteiger partial charge is 0.148 e. The van der Waals surface area contributed by atoms with Gasteiger partial charge < -0.3 is 5.11 Å². The summed E-state index contributed by atoms with van der Waals surface area (Å²) in [6, 6.07) is 51.2. The summed E-state index contributed by atoms with van der Waals surface area (Å²) >= 11 is 0. The molecule has 0 radical (unpaired) electrons. The molecule has 2 aromatic heterocycles. The SMILES string of the molecule is CC(C)(C)c1ccc(-n2c(-c3ccccc3O)nc3c(-c4[c-]c(-c5ccc(-c6ccccc6)c6cccnc56)ccc4)cccc32)cc1.[Pt]. The van der Waals surface area contributed by atoms with Crippen molar-refractivity contribution in [2.24, 2.45) is 0 Å². The molecule has 1 N–H and O–H groups in total. The van der Waals surface area contributed by atoms with Gasteiger partial charge in [-0.3, -0.25) is 9.55 Å². The van der Waals surface area contributed by atoms with E-state index in [1.807, 2.05) is 36.5 Å². The number of benzene rings is 6. The van der Waals surface area contributed by atoms with Crippen LogP contribution in [0.5, 0.6) is 5.75 Å². The number of hydrogen-bond acceptors (Lipinski definition) is 3. The summed E-state index contributed by atoms with van der Waals surface area (Å²) in [4.78, 5) is 10.1. The molecular formula is C44H34N3OPt-. The van der Waals surface area contributed by atoms with Gasteiger partial charge in [-0.25, -0.2) is 4.98 Å². The largest absolute Gasteiger partial charge is 0.507 e. The number of hydrogen-bond donors (Lipinski definition) is 1. The van der Waals surface area contributed by atoms with E-state index in [-0.39, 0.29) is 32.2 Å². The number of aromatic nitrogens is 3. The number of imidazole rings is 1. The molecule has 49 heavy (non-hydrogen) atoms. The Bertz CT molecular complexity index is 2440. The minimum Gasteiger partial charge on any atom is -0.507 e. The second-order valence-corrected chi connectivity index (χ2v) is 13.2. The van der Waals surface area contributed by atoms with E-state index in [4.69, 9.17) is 9.97 Å². The Morgan fingerprint density at radius 1 is 0.592 bits per heavy atom. The number of rotatable bonds is 5. The van der Waals surface area contributed by atoms with Crippen molar-refractivity contribution in [1.29, 1.82) is 0 Å². The fourth-order valence-electron chi connectivity index (χ4n) is 6.57. The number of phenolic OH excluding ortho intramolecular Hbond substituents is 1. The van der Waals surface area contributed by atoms with Crippen molar-refractivity contribution < 1.29 is 26.2 Å². The Morgan fingerprint density at radius 3 is 1.98 bits per heavy atom. The van der Waals surface area contributed by atoms with Crippen molar-refractivity contribution in [2.75, 3.05) is 0 Å². The number of fused-ring (bicyclic) bond motifs is 2. The van der Waals surface area contributed by atoms with Crippen LogP contribution in [0.25, 0.3) is 72.4 Å². The maximum Gasteiger partial charge on any atom is 0.148 e. The van der Waals surface area contributed by atoms with Gasteiger partial charge in [0.2, 0.25) is 0 Å². The normalized spacial score (nSPS) is 11.5. The molecule has 0 spiro atoms. The van der Waals surface area contributed by atoms with E-state index in [1.165, 1.54) is 5.56 Å². The Labute approximate surface area is 301 Å². The summed E-state index contributed by atoms with van der Waals surface area (Å²) in [7, 11) is 0. The van der Waals surface area contributed by atoms with Crippen LogP contribution in [-0.4, -0.2) is 19.6 Å². The van der Waals surface area contributed by atoms with Gasteiger partial charge >= 0.3 is 0 Å². The third-order valence-electron chi connectivity index (χ3n) is 9.05. The van der Waals surface area contributed by atoms with Crippen LogP contribution in [0.2, 0.25) is 0 Å². The summed E-state index contributed by atoms with van der Waals surface area (Å²) in [6.45, 7) is 6.65. The Morgan fingerprint density at radius 2 is 1.24 bits per heavy atom. The van der Waals surface area contributed by atoms with E-state index >= 15 is 0 Å². The average Bonchev–Trinajstić information content (AvgIpc) is 3.51. The molecule has 8 aromatic rings. The fourth-order valence-corrected chi connectivity index (χ4v) is 6.57. The summed E-state index contributed by atoms with van der Waals surface area (Å²) in [6.07, 6.45) is 1.85. The van der Waals surface area contributed by atoms with E-state index in [0.29, 0.717) is 11.4 Å². The predicted octanol–water partition coefficient (Wildman–Crippen LogP) is 11.0. The fraction of sp³-hybridized carbons (Fsp3) is 0.0909. The van der Waals surface area contributed by atoms with Crippen molar-refractivity contribution in [3.63, 3.8) is 0 Å². The van der Waals surface area contributed by atoms with Gasteiger partial charge in [-0.1, -0.05) is 117 Å². The van der Waals surface area contributed by atoms with Gasteiger partial charge in [-0.2, -0.15) is 0 Å². The zero-order valence-corrected chi connectivity index (χ0v) is 29.7. The number of para-hydroxylation sites is 2. The van der Waals surface area contributed by atoms with Gasteiger partial charge in [0.15, 0.2) is 0 Å². The average molecular weight is 816 g/mol. The molecule has 0 saturated heterocycles. The maximum absolute atomic E-state index is 11.0. The molecule has 0 aliphatic carbocycles. The van der Waals surface area contributed by atoms with Crippen LogP contribution < -0.4 is 0 Å². The minimum atomic E-state index is 0. The molecule has 242 valence electrons. The first-order chi connectivity index (χ1) is 23.4. The van der Waals surface area contributed by atoms with Crippen molar-refractivity contribution in [3.8, 4) is 56.2 Å². The van der Waals surface area contributed by atoms with Gasteiger partial charge in [0.1, 0.15) is 11.6 Å². The van der Waals surface area contributed by atoms with E-state index in [1.54, 1.807) is 6.07 Å². The molecule has 8 rings (SSSR count). The molecule has 0 atom stereocenters. The van der Waals surface area contributed by atoms with Crippen LogP contribution >= 0.6 is 0 Å². The first-order valence-electron chi connectivity index (χ1n) is 16.2. The number of nitrogens with zero attached hydrogens (tertiary/aromatic N) is 3. The van der Waals surface area contributed by atoms with Crippen LogP contribution in [0.3, 0.4) is 0 Å². The first-order valence-corrected chi connectivity index (χ1v) is 16.2. The predicted molar refractivity (Wildman–Crippen MR) is 197 cm³/mol. The minimum absolute atomic E-state index is 0. The van der Waals surface area contributed by atoms with E-state index < -0.39 is 0 Å². The Hall–Kier alpha value is -5.31. The summed E-state index contributed by atoms with van der Waals surface area (Å²) in [5.74, 6) is 0.871. The molecule has 0 amide bonds. The van der Waals surface area contributed by atoms with Crippen LogP contribution in [0.1, 0.15) is 26.3 Å². The third kappa shape index (κ3) is 5.87. The third-order valence-corrected chi connectivity index (χ3v) is 9.05. The summed E-state index contributed by atoms with van der Waals surface area (Å²) < 4.78 is 2.14. The topological polar surface area (TPSA) is 50.9 Å².